The fourth-order valence-corrected chi connectivity index (χ4v) is 1.53. The maximum absolute atomic E-state index is 13.4. The predicted molar refractivity (Wildman–Crippen MR) is 51.0 cm³/mol. The number of benzene rings is 1. The van der Waals surface area contributed by atoms with Gasteiger partial charge in [-0.25, -0.2) is 13.2 Å². The van der Waals surface area contributed by atoms with Crippen molar-refractivity contribution in [3.8, 4) is 6.07 Å². The molecule has 0 radical (unpaired) electrons. The van der Waals surface area contributed by atoms with Crippen molar-refractivity contribution in [3.05, 3.63) is 35.1 Å². The number of hydrogen-bond acceptors (Lipinski definition) is 2. The van der Waals surface area contributed by atoms with Crippen LogP contribution in [-0.2, 0) is 5.41 Å². The normalized spacial score (nSPS) is 14.2. The van der Waals surface area contributed by atoms with Crippen molar-refractivity contribution in [2.45, 2.75) is 18.8 Å². The lowest BCUT2D eigenvalue weighted by Gasteiger charge is -2.22. The van der Waals surface area contributed by atoms with Crippen molar-refractivity contribution in [1.82, 2.24) is 0 Å². The Kier molecular flexibility index (Phi) is 3.55. The number of rotatable bonds is 3. The summed E-state index contributed by atoms with van der Waals surface area (Å²) in [6.45, 7) is 0.906. The Bertz CT molecular complexity index is 418. The summed E-state index contributed by atoms with van der Waals surface area (Å²) in [6.07, 6.45) is -0.122. The van der Waals surface area contributed by atoms with Crippen LogP contribution in [0, 0.1) is 28.8 Å². The Morgan fingerprint density at radius 2 is 1.81 bits per heavy atom. The lowest BCUT2D eigenvalue weighted by Crippen LogP contribution is -2.24. The van der Waals surface area contributed by atoms with Gasteiger partial charge in [-0.15, -0.1) is 0 Å². The Morgan fingerprint density at radius 3 is 2.19 bits per heavy atom. The van der Waals surface area contributed by atoms with Crippen LogP contribution in [-0.4, -0.2) is 11.7 Å². The van der Waals surface area contributed by atoms with Crippen molar-refractivity contribution in [2.24, 2.45) is 0 Å². The minimum absolute atomic E-state index is 0.122. The van der Waals surface area contributed by atoms with E-state index in [0.717, 1.165) is 0 Å². The Hall–Kier alpha value is -1.54. The number of nitrogens with zero attached hydrogens (tertiary/aromatic N) is 1. The molecule has 1 unspecified atom stereocenters. The highest BCUT2D eigenvalue weighted by Gasteiger charge is 2.32. The van der Waals surface area contributed by atoms with Crippen LogP contribution in [0.1, 0.15) is 18.9 Å². The summed E-state index contributed by atoms with van der Waals surface area (Å²) < 4.78 is 39.5. The highest BCUT2D eigenvalue weighted by Crippen LogP contribution is 2.31. The van der Waals surface area contributed by atoms with Crippen LogP contribution in [0.15, 0.2) is 12.1 Å². The van der Waals surface area contributed by atoms with Crippen LogP contribution in [0.25, 0.3) is 0 Å². The average Bonchev–Trinajstić information content (AvgIpc) is 2.16. The number of aliphatic hydroxyl groups is 1. The predicted octanol–water partition coefficient (Wildman–Crippen LogP) is 2.27. The third-order valence-electron chi connectivity index (χ3n) is 2.42. The van der Waals surface area contributed by atoms with Gasteiger partial charge < -0.3 is 5.11 Å². The minimum atomic E-state index is -1.50. The molecule has 1 aromatic rings. The van der Waals surface area contributed by atoms with Gasteiger partial charge in [0.1, 0.15) is 17.5 Å². The molecule has 0 amide bonds. The molecular formula is C11H10F3NO. The summed E-state index contributed by atoms with van der Waals surface area (Å²) >= 11 is 0. The summed E-state index contributed by atoms with van der Waals surface area (Å²) in [7, 11) is 0. The van der Waals surface area contributed by atoms with E-state index >= 15 is 0 Å². The average molecular weight is 229 g/mol. The van der Waals surface area contributed by atoms with E-state index in [1.165, 1.54) is 6.92 Å². The second kappa shape index (κ2) is 4.54. The largest absolute Gasteiger partial charge is 0.396 e. The molecule has 86 valence electrons. The minimum Gasteiger partial charge on any atom is -0.396 e. The van der Waals surface area contributed by atoms with E-state index in [1.54, 1.807) is 6.07 Å². The van der Waals surface area contributed by atoms with Gasteiger partial charge in [-0.05, 0) is 13.3 Å². The van der Waals surface area contributed by atoms with Gasteiger partial charge in [0.05, 0.1) is 11.5 Å². The second-order valence-electron chi connectivity index (χ2n) is 3.66. The zero-order chi connectivity index (χ0) is 12.3. The third-order valence-corrected chi connectivity index (χ3v) is 2.42. The summed E-state index contributed by atoms with van der Waals surface area (Å²) in [5.74, 6) is -3.27. The van der Waals surface area contributed by atoms with Crippen molar-refractivity contribution < 1.29 is 18.3 Å². The van der Waals surface area contributed by atoms with Crippen molar-refractivity contribution in [2.75, 3.05) is 6.61 Å². The lowest BCUT2D eigenvalue weighted by molar-refractivity contribution is 0.260. The molecule has 0 saturated heterocycles. The van der Waals surface area contributed by atoms with Gasteiger partial charge in [-0.1, -0.05) is 0 Å². The zero-order valence-electron chi connectivity index (χ0n) is 8.60. The molecule has 0 aliphatic carbocycles. The standard InChI is InChI=1S/C11H10F3NO/c1-11(6-15,2-3-16)10-8(13)4-7(12)5-9(10)14/h4-5,16H,2-3H2,1H3. The molecular weight excluding hydrogens is 219 g/mol. The summed E-state index contributed by atoms with van der Waals surface area (Å²) in [5, 5.41) is 17.7. The number of halogens is 3. The molecule has 1 rings (SSSR count). The van der Waals surface area contributed by atoms with Gasteiger partial charge in [0.25, 0.3) is 0 Å². The van der Waals surface area contributed by atoms with E-state index in [9.17, 15) is 13.2 Å². The van der Waals surface area contributed by atoms with Crippen molar-refractivity contribution in [1.29, 1.82) is 5.26 Å². The van der Waals surface area contributed by atoms with Crippen LogP contribution < -0.4 is 0 Å². The number of nitriles is 1. The van der Waals surface area contributed by atoms with E-state index in [-0.39, 0.29) is 13.0 Å². The van der Waals surface area contributed by atoms with E-state index in [0.29, 0.717) is 12.1 Å². The molecule has 2 nitrogen and oxygen atoms in total. The van der Waals surface area contributed by atoms with Gasteiger partial charge in [0.15, 0.2) is 0 Å². The smallest absolute Gasteiger partial charge is 0.133 e. The number of aliphatic hydroxyl groups excluding tert-OH is 1. The molecule has 0 saturated carbocycles. The Morgan fingerprint density at radius 1 is 1.31 bits per heavy atom. The monoisotopic (exact) mass is 229 g/mol. The molecule has 0 fully saturated rings. The van der Waals surface area contributed by atoms with E-state index in [1.807, 2.05) is 0 Å². The van der Waals surface area contributed by atoms with Gasteiger partial charge in [0.2, 0.25) is 0 Å². The van der Waals surface area contributed by atoms with Crippen molar-refractivity contribution in [3.63, 3.8) is 0 Å². The Labute approximate surface area is 90.9 Å². The van der Waals surface area contributed by atoms with E-state index in [2.05, 4.69) is 0 Å². The van der Waals surface area contributed by atoms with Crippen LogP contribution in [0.2, 0.25) is 0 Å². The molecule has 1 N–H and O–H groups in total. The SMILES string of the molecule is CC(C#N)(CCO)c1c(F)cc(F)cc1F. The molecule has 0 aliphatic rings. The molecule has 1 aromatic carbocycles. The van der Waals surface area contributed by atoms with Gasteiger partial charge in [-0.3, -0.25) is 0 Å². The molecule has 16 heavy (non-hydrogen) atoms. The van der Waals surface area contributed by atoms with Crippen LogP contribution in [0.3, 0.4) is 0 Å². The van der Waals surface area contributed by atoms with Gasteiger partial charge in [-0.2, -0.15) is 5.26 Å². The maximum Gasteiger partial charge on any atom is 0.133 e. The molecule has 0 aromatic heterocycles. The third kappa shape index (κ3) is 2.17. The molecule has 0 bridgehead atoms. The first-order valence-electron chi connectivity index (χ1n) is 4.62. The van der Waals surface area contributed by atoms with Crippen LogP contribution >= 0.6 is 0 Å². The Balaban J connectivity index is 3.37. The summed E-state index contributed by atoms with van der Waals surface area (Å²) in [6, 6.07) is 2.77. The first-order valence-corrected chi connectivity index (χ1v) is 4.62. The van der Waals surface area contributed by atoms with Crippen LogP contribution in [0.5, 0.6) is 0 Å². The topological polar surface area (TPSA) is 44.0 Å². The molecule has 1 atom stereocenters. The quantitative estimate of drug-likeness (QED) is 0.864. The van der Waals surface area contributed by atoms with Gasteiger partial charge >= 0.3 is 0 Å². The van der Waals surface area contributed by atoms with E-state index < -0.39 is 28.4 Å². The fraction of sp³-hybridized carbons (Fsp3) is 0.364. The van der Waals surface area contributed by atoms with Crippen molar-refractivity contribution >= 4 is 0 Å². The molecule has 0 aliphatic heterocycles. The first-order chi connectivity index (χ1) is 7.44. The van der Waals surface area contributed by atoms with Gasteiger partial charge in [0, 0.05) is 24.3 Å². The molecule has 0 spiro atoms. The summed E-state index contributed by atoms with van der Waals surface area (Å²) in [4.78, 5) is 0. The summed E-state index contributed by atoms with van der Waals surface area (Å²) in [5.41, 5.74) is -2.01. The fourth-order valence-electron chi connectivity index (χ4n) is 1.53. The first kappa shape index (κ1) is 12.5. The highest BCUT2D eigenvalue weighted by atomic mass is 19.1. The lowest BCUT2D eigenvalue weighted by atomic mass is 9.80. The number of hydrogen-bond donors (Lipinski definition) is 1. The zero-order valence-corrected chi connectivity index (χ0v) is 8.60. The van der Waals surface area contributed by atoms with Crippen LogP contribution in [0.4, 0.5) is 13.2 Å². The van der Waals surface area contributed by atoms with E-state index in [4.69, 9.17) is 10.4 Å². The molecule has 5 heteroatoms. The highest BCUT2D eigenvalue weighted by molar-refractivity contribution is 5.34. The second-order valence-corrected chi connectivity index (χ2v) is 3.66. The molecule has 0 heterocycles. The maximum atomic E-state index is 13.4.